The molecule has 1 saturated heterocycles. The van der Waals surface area contributed by atoms with Crippen LogP contribution in [-0.4, -0.2) is 55.7 Å². The average molecular weight is 286 g/mol. The van der Waals surface area contributed by atoms with E-state index in [1.165, 1.54) is 7.11 Å². The maximum absolute atomic E-state index is 11.8. The van der Waals surface area contributed by atoms with Crippen LogP contribution < -0.4 is 5.32 Å². The predicted octanol–water partition coefficient (Wildman–Crippen LogP) is 0.533. The van der Waals surface area contributed by atoms with Gasteiger partial charge in [-0.15, -0.1) is 0 Å². The molecule has 1 fully saturated rings. The maximum atomic E-state index is 11.8. The number of nitrogens with one attached hydrogen (secondary N) is 1. The van der Waals surface area contributed by atoms with Gasteiger partial charge in [0.05, 0.1) is 25.7 Å². The number of rotatable bonds is 4. The molecule has 0 bridgehead atoms. The van der Waals surface area contributed by atoms with Crippen LogP contribution in [0.2, 0.25) is 0 Å². The van der Waals surface area contributed by atoms with Gasteiger partial charge in [0.15, 0.2) is 0 Å². The van der Waals surface area contributed by atoms with E-state index in [1.54, 1.807) is 13.8 Å². The number of amides is 2. The van der Waals surface area contributed by atoms with Crippen molar-refractivity contribution in [1.82, 2.24) is 10.2 Å². The summed E-state index contributed by atoms with van der Waals surface area (Å²) in [6.45, 7) is 5.14. The average Bonchev–Trinajstić information content (AvgIpc) is 2.46. The Balaban J connectivity index is 2.42. The van der Waals surface area contributed by atoms with E-state index in [1.807, 2.05) is 4.90 Å². The number of carbonyl (C=O) groups excluding carboxylic acids is 3. The predicted molar refractivity (Wildman–Crippen MR) is 70.9 cm³/mol. The lowest BCUT2D eigenvalue weighted by atomic mass is 9.96. The highest BCUT2D eigenvalue weighted by molar-refractivity contribution is 5.94. The Morgan fingerprint density at radius 1 is 1.30 bits per heavy atom. The van der Waals surface area contributed by atoms with Gasteiger partial charge < -0.3 is 9.47 Å². The molecule has 1 aliphatic heterocycles. The first-order valence-electron chi connectivity index (χ1n) is 6.79. The van der Waals surface area contributed by atoms with Crippen molar-refractivity contribution in [2.24, 2.45) is 5.92 Å². The minimum Gasteiger partial charge on any atom is -0.466 e. The molecule has 0 radical (unpaired) electrons. The summed E-state index contributed by atoms with van der Waals surface area (Å²) in [7, 11) is 1.21. The SMILES string of the molecule is CCOC(=O)C1CCN([C@@H](C)C(=O)NC(=O)OC)CC1. The van der Waals surface area contributed by atoms with Crippen molar-refractivity contribution in [2.75, 3.05) is 26.8 Å². The Morgan fingerprint density at radius 3 is 2.40 bits per heavy atom. The summed E-state index contributed by atoms with van der Waals surface area (Å²) < 4.78 is 9.38. The lowest BCUT2D eigenvalue weighted by Crippen LogP contribution is -2.50. The van der Waals surface area contributed by atoms with Gasteiger partial charge >= 0.3 is 12.1 Å². The van der Waals surface area contributed by atoms with Gasteiger partial charge in [0.2, 0.25) is 5.91 Å². The van der Waals surface area contributed by atoms with Crippen LogP contribution in [0.15, 0.2) is 0 Å². The molecule has 0 aliphatic carbocycles. The number of alkyl carbamates (subject to hydrolysis) is 1. The lowest BCUT2D eigenvalue weighted by molar-refractivity contribution is -0.149. The summed E-state index contributed by atoms with van der Waals surface area (Å²) in [6.07, 6.45) is 0.562. The van der Waals surface area contributed by atoms with E-state index in [2.05, 4.69) is 10.1 Å². The van der Waals surface area contributed by atoms with Crippen molar-refractivity contribution in [3.05, 3.63) is 0 Å². The van der Waals surface area contributed by atoms with Gasteiger partial charge in [-0.2, -0.15) is 0 Å². The first-order chi connectivity index (χ1) is 9.49. The van der Waals surface area contributed by atoms with Crippen molar-refractivity contribution >= 4 is 18.0 Å². The number of hydrogen-bond donors (Lipinski definition) is 1. The smallest absolute Gasteiger partial charge is 0.413 e. The van der Waals surface area contributed by atoms with Crippen LogP contribution in [-0.2, 0) is 19.1 Å². The molecule has 0 unspecified atom stereocenters. The second-order valence-corrected chi connectivity index (χ2v) is 4.72. The zero-order chi connectivity index (χ0) is 15.1. The van der Waals surface area contributed by atoms with Gasteiger partial charge in [-0.3, -0.25) is 19.8 Å². The highest BCUT2D eigenvalue weighted by Gasteiger charge is 2.30. The lowest BCUT2D eigenvalue weighted by Gasteiger charge is -2.34. The van der Waals surface area contributed by atoms with Gasteiger partial charge in [-0.1, -0.05) is 0 Å². The molecule has 1 aliphatic rings. The van der Waals surface area contributed by atoms with E-state index >= 15 is 0 Å². The molecule has 0 aromatic heterocycles. The third kappa shape index (κ3) is 4.48. The molecule has 2 amide bonds. The van der Waals surface area contributed by atoms with Crippen LogP contribution in [0.3, 0.4) is 0 Å². The summed E-state index contributed by atoms with van der Waals surface area (Å²) in [6, 6.07) is -0.433. The first kappa shape index (κ1) is 16.4. The Kier molecular flexibility index (Phi) is 6.44. The highest BCUT2D eigenvalue weighted by Crippen LogP contribution is 2.20. The van der Waals surface area contributed by atoms with Crippen molar-refractivity contribution in [1.29, 1.82) is 0 Å². The summed E-state index contributed by atoms with van der Waals surface area (Å²) in [5, 5.41) is 2.15. The number of piperidine rings is 1. The van der Waals surface area contributed by atoms with E-state index < -0.39 is 18.0 Å². The van der Waals surface area contributed by atoms with Gasteiger partial charge in [0.1, 0.15) is 0 Å². The fourth-order valence-electron chi connectivity index (χ4n) is 2.20. The molecule has 7 heteroatoms. The van der Waals surface area contributed by atoms with Crippen LogP contribution in [0.4, 0.5) is 4.79 Å². The minimum atomic E-state index is -0.761. The van der Waals surface area contributed by atoms with Crippen LogP contribution in [0.25, 0.3) is 0 Å². The molecule has 0 spiro atoms. The van der Waals surface area contributed by atoms with Crippen molar-refractivity contribution < 1.29 is 23.9 Å². The number of carbonyl (C=O) groups is 3. The van der Waals surface area contributed by atoms with Crippen molar-refractivity contribution in [2.45, 2.75) is 32.7 Å². The third-order valence-electron chi connectivity index (χ3n) is 3.49. The highest BCUT2D eigenvalue weighted by atomic mass is 16.5. The monoisotopic (exact) mass is 286 g/mol. The largest absolute Gasteiger partial charge is 0.466 e. The molecule has 1 rings (SSSR count). The zero-order valence-electron chi connectivity index (χ0n) is 12.2. The van der Waals surface area contributed by atoms with E-state index in [-0.39, 0.29) is 11.9 Å². The molecule has 20 heavy (non-hydrogen) atoms. The Bertz CT molecular complexity index is 364. The number of ether oxygens (including phenoxy) is 2. The molecule has 7 nitrogen and oxygen atoms in total. The van der Waals surface area contributed by atoms with E-state index in [0.29, 0.717) is 32.5 Å². The standard InChI is InChI=1S/C13H22N2O5/c1-4-20-12(17)10-5-7-15(8-6-10)9(2)11(16)14-13(18)19-3/h9-10H,4-8H2,1-3H3,(H,14,16,18)/t9-/m0/s1. The molecule has 0 saturated carbocycles. The van der Waals surface area contributed by atoms with Gasteiger partial charge in [0, 0.05) is 0 Å². The number of esters is 1. The van der Waals surface area contributed by atoms with E-state index in [0.717, 1.165) is 0 Å². The molecule has 1 atom stereocenters. The molecule has 1 heterocycles. The van der Waals surface area contributed by atoms with Crippen LogP contribution >= 0.6 is 0 Å². The molecule has 0 aromatic carbocycles. The Morgan fingerprint density at radius 2 is 1.90 bits per heavy atom. The second-order valence-electron chi connectivity index (χ2n) is 4.72. The van der Waals surface area contributed by atoms with Crippen LogP contribution in [0.1, 0.15) is 26.7 Å². The van der Waals surface area contributed by atoms with Crippen molar-refractivity contribution in [3.8, 4) is 0 Å². The second kappa shape index (κ2) is 7.84. The normalized spacial score (nSPS) is 18.1. The minimum absolute atomic E-state index is 0.0953. The molecule has 1 N–H and O–H groups in total. The number of likely N-dealkylation sites (tertiary alicyclic amines) is 1. The molecule has 114 valence electrons. The number of imide groups is 1. The first-order valence-corrected chi connectivity index (χ1v) is 6.79. The maximum Gasteiger partial charge on any atom is 0.413 e. The zero-order valence-corrected chi connectivity index (χ0v) is 12.2. The van der Waals surface area contributed by atoms with Crippen LogP contribution in [0.5, 0.6) is 0 Å². The van der Waals surface area contributed by atoms with Gasteiger partial charge in [-0.05, 0) is 39.8 Å². The fourth-order valence-corrected chi connectivity index (χ4v) is 2.20. The fraction of sp³-hybridized carbons (Fsp3) is 0.769. The number of hydrogen-bond acceptors (Lipinski definition) is 6. The van der Waals surface area contributed by atoms with Crippen molar-refractivity contribution in [3.63, 3.8) is 0 Å². The number of nitrogens with zero attached hydrogens (tertiary/aromatic N) is 1. The quantitative estimate of drug-likeness (QED) is 0.759. The Labute approximate surface area is 118 Å². The third-order valence-corrected chi connectivity index (χ3v) is 3.49. The number of methoxy groups -OCH3 is 1. The van der Waals surface area contributed by atoms with E-state index in [9.17, 15) is 14.4 Å². The topological polar surface area (TPSA) is 84.9 Å². The summed E-state index contributed by atoms with van der Waals surface area (Å²) >= 11 is 0. The van der Waals surface area contributed by atoms with Crippen LogP contribution in [0, 0.1) is 5.92 Å². The molecule has 0 aromatic rings. The Hall–Kier alpha value is -1.63. The molecular weight excluding hydrogens is 264 g/mol. The summed E-state index contributed by atoms with van der Waals surface area (Å²) in [5.74, 6) is -0.660. The summed E-state index contributed by atoms with van der Waals surface area (Å²) in [4.78, 5) is 36.3. The van der Waals surface area contributed by atoms with Gasteiger partial charge in [0.25, 0.3) is 0 Å². The van der Waals surface area contributed by atoms with E-state index in [4.69, 9.17) is 4.74 Å². The summed E-state index contributed by atoms with van der Waals surface area (Å²) in [5.41, 5.74) is 0. The molecular formula is C13H22N2O5. The van der Waals surface area contributed by atoms with Gasteiger partial charge in [-0.25, -0.2) is 4.79 Å².